The first-order chi connectivity index (χ1) is 19.6. The van der Waals surface area contributed by atoms with Gasteiger partial charge in [0.25, 0.3) is 5.56 Å². The van der Waals surface area contributed by atoms with Gasteiger partial charge >= 0.3 is 5.97 Å². The highest BCUT2D eigenvalue weighted by Crippen LogP contribution is 2.37. The number of esters is 1. The maximum atomic E-state index is 14.0. The maximum absolute atomic E-state index is 14.0. The Kier molecular flexibility index (Phi) is 9.60. The molecule has 1 aliphatic rings. The number of allylic oxidation sites excluding steroid dienone is 1. The van der Waals surface area contributed by atoms with Crippen LogP contribution in [-0.4, -0.2) is 44.1 Å². The predicted molar refractivity (Wildman–Crippen MR) is 161 cm³/mol. The average Bonchev–Trinajstić information content (AvgIpc) is 3.23. The fourth-order valence-electron chi connectivity index (χ4n) is 4.54. The van der Waals surface area contributed by atoms with Gasteiger partial charge in [0.1, 0.15) is 0 Å². The molecule has 1 aromatic heterocycles. The van der Waals surface area contributed by atoms with Crippen molar-refractivity contribution in [2.75, 3.05) is 27.4 Å². The number of benzene rings is 2. The molecule has 0 bridgehead atoms. The van der Waals surface area contributed by atoms with Crippen LogP contribution in [0.3, 0.4) is 0 Å². The summed E-state index contributed by atoms with van der Waals surface area (Å²) in [6.07, 6.45) is 1.71. The van der Waals surface area contributed by atoms with E-state index in [4.69, 9.17) is 23.7 Å². The van der Waals surface area contributed by atoms with Crippen LogP contribution in [0.25, 0.3) is 6.08 Å². The van der Waals surface area contributed by atoms with Gasteiger partial charge in [0.2, 0.25) is 0 Å². The number of carbonyl (C=O) groups excluding carboxylic acids is 1. The van der Waals surface area contributed by atoms with Crippen LogP contribution in [0.15, 0.2) is 55.9 Å². The second kappa shape index (κ2) is 12.9. The molecule has 218 valence electrons. The Morgan fingerprint density at radius 3 is 2.41 bits per heavy atom. The second-order valence-corrected chi connectivity index (χ2v) is 11.2. The monoisotopic (exact) mass is 644 g/mol. The van der Waals surface area contributed by atoms with Gasteiger partial charge in [-0.25, -0.2) is 9.79 Å². The largest absolute Gasteiger partial charge is 0.493 e. The minimum atomic E-state index is -0.784. The van der Waals surface area contributed by atoms with Crippen LogP contribution in [0.1, 0.15) is 51.8 Å². The third kappa shape index (κ3) is 6.20. The summed E-state index contributed by atoms with van der Waals surface area (Å²) < 4.78 is 30.8. The molecule has 0 amide bonds. The zero-order chi connectivity index (χ0) is 29.8. The van der Waals surface area contributed by atoms with Gasteiger partial charge in [0.15, 0.2) is 27.8 Å². The molecule has 0 fully saturated rings. The van der Waals surface area contributed by atoms with Crippen molar-refractivity contribution >= 4 is 39.3 Å². The molecule has 0 saturated carbocycles. The van der Waals surface area contributed by atoms with E-state index < -0.39 is 12.0 Å². The molecule has 2 heterocycles. The number of halogens is 1. The van der Waals surface area contributed by atoms with Crippen LogP contribution >= 0.6 is 27.3 Å². The number of rotatable bonds is 10. The molecule has 3 aromatic rings. The van der Waals surface area contributed by atoms with E-state index >= 15 is 0 Å². The molecule has 2 aromatic carbocycles. The van der Waals surface area contributed by atoms with Crippen molar-refractivity contribution in [3.05, 3.63) is 76.9 Å². The normalized spacial score (nSPS) is 15.0. The molecule has 11 heteroatoms. The molecular formula is C30H33BrN2O7S. The van der Waals surface area contributed by atoms with E-state index in [2.05, 4.69) is 20.9 Å². The number of fused-ring (bicyclic) bond motifs is 1. The molecule has 0 radical (unpaired) electrons. The highest BCUT2D eigenvalue weighted by Gasteiger charge is 2.34. The van der Waals surface area contributed by atoms with Crippen LogP contribution in [0.4, 0.5) is 0 Å². The Labute approximate surface area is 250 Å². The van der Waals surface area contributed by atoms with Gasteiger partial charge in [0.05, 0.1) is 55.4 Å². The zero-order valence-electron chi connectivity index (χ0n) is 24.1. The Morgan fingerprint density at radius 2 is 1.78 bits per heavy atom. The maximum Gasteiger partial charge on any atom is 0.338 e. The first-order valence-electron chi connectivity index (χ1n) is 13.2. The van der Waals surface area contributed by atoms with Crippen LogP contribution in [0.2, 0.25) is 0 Å². The van der Waals surface area contributed by atoms with E-state index in [1.54, 1.807) is 52.3 Å². The van der Waals surface area contributed by atoms with Crippen molar-refractivity contribution in [1.29, 1.82) is 0 Å². The lowest BCUT2D eigenvalue weighted by atomic mass is 9.95. The van der Waals surface area contributed by atoms with E-state index in [9.17, 15) is 9.59 Å². The Balaban J connectivity index is 1.94. The van der Waals surface area contributed by atoms with Gasteiger partial charge < -0.3 is 23.7 Å². The summed E-state index contributed by atoms with van der Waals surface area (Å²) in [6, 6.07) is 8.22. The second-order valence-electron chi connectivity index (χ2n) is 9.34. The fraction of sp³-hybridized carbons (Fsp3) is 0.367. The summed E-state index contributed by atoms with van der Waals surface area (Å²) in [5.74, 6) is 1.65. The lowest BCUT2D eigenvalue weighted by Crippen LogP contribution is -2.40. The third-order valence-corrected chi connectivity index (χ3v) is 7.92. The lowest BCUT2D eigenvalue weighted by Gasteiger charge is -2.25. The molecule has 41 heavy (non-hydrogen) atoms. The number of aromatic nitrogens is 1. The van der Waals surface area contributed by atoms with Gasteiger partial charge in [-0.1, -0.05) is 33.3 Å². The summed E-state index contributed by atoms with van der Waals surface area (Å²) in [4.78, 5) is 32.4. The molecule has 0 aliphatic carbocycles. The van der Waals surface area contributed by atoms with Gasteiger partial charge in [0, 0.05) is 4.47 Å². The standard InChI is InChI=1S/C30H33BrN2O7S/c1-8-38-24-15-20(31)19(13-23(24)37-7)14-25-28(34)33-27(18-10-11-21(40-16(3)4)22(12-18)36-6)26(29(35)39-9-2)17(5)32-30(33)41-25/h10-16,27H,8-9H2,1-7H3/b25-14-/t27-/m0/s1. The van der Waals surface area contributed by atoms with Gasteiger partial charge in [-0.05, 0) is 76.1 Å². The lowest BCUT2D eigenvalue weighted by molar-refractivity contribution is -0.139. The van der Waals surface area contributed by atoms with Crippen molar-refractivity contribution < 1.29 is 28.5 Å². The quantitative estimate of drug-likeness (QED) is 0.294. The van der Waals surface area contributed by atoms with Crippen LogP contribution in [-0.2, 0) is 9.53 Å². The van der Waals surface area contributed by atoms with Gasteiger partial charge in [-0.2, -0.15) is 0 Å². The van der Waals surface area contributed by atoms with Gasteiger partial charge in [-0.3, -0.25) is 9.36 Å². The molecule has 9 nitrogen and oxygen atoms in total. The smallest absolute Gasteiger partial charge is 0.338 e. The number of hydrogen-bond donors (Lipinski definition) is 0. The van der Waals surface area contributed by atoms with E-state index in [1.807, 2.05) is 32.9 Å². The molecular weight excluding hydrogens is 612 g/mol. The minimum absolute atomic E-state index is 0.0646. The van der Waals surface area contributed by atoms with E-state index in [1.165, 1.54) is 15.9 Å². The van der Waals surface area contributed by atoms with E-state index in [0.717, 1.165) is 10.0 Å². The van der Waals surface area contributed by atoms with E-state index in [0.29, 0.717) is 50.2 Å². The number of ether oxygens (including phenoxy) is 5. The molecule has 1 atom stereocenters. The van der Waals surface area contributed by atoms with Crippen molar-refractivity contribution in [2.45, 2.75) is 46.8 Å². The molecule has 0 saturated heterocycles. The van der Waals surface area contributed by atoms with Crippen molar-refractivity contribution in [1.82, 2.24) is 4.57 Å². The Hall–Kier alpha value is -3.57. The van der Waals surface area contributed by atoms with Crippen LogP contribution in [0.5, 0.6) is 23.0 Å². The first-order valence-corrected chi connectivity index (χ1v) is 14.8. The summed E-state index contributed by atoms with van der Waals surface area (Å²) in [5.41, 5.74) is 1.85. The first kappa shape index (κ1) is 30.4. The third-order valence-electron chi connectivity index (χ3n) is 6.25. The summed E-state index contributed by atoms with van der Waals surface area (Å²) >= 11 is 4.83. The predicted octanol–water partition coefficient (Wildman–Crippen LogP) is 4.76. The summed E-state index contributed by atoms with van der Waals surface area (Å²) in [7, 11) is 3.11. The molecule has 0 N–H and O–H groups in total. The van der Waals surface area contributed by atoms with Gasteiger partial charge in [-0.15, -0.1) is 0 Å². The molecule has 0 spiro atoms. The Bertz CT molecular complexity index is 1670. The summed E-state index contributed by atoms with van der Waals surface area (Å²) in [6.45, 7) is 9.90. The number of hydrogen-bond acceptors (Lipinski definition) is 9. The fourth-order valence-corrected chi connectivity index (χ4v) is 6.02. The average molecular weight is 646 g/mol. The van der Waals surface area contributed by atoms with Crippen molar-refractivity contribution in [2.24, 2.45) is 4.99 Å². The molecule has 4 rings (SSSR count). The zero-order valence-corrected chi connectivity index (χ0v) is 26.5. The summed E-state index contributed by atoms with van der Waals surface area (Å²) in [5, 5.41) is 0. The minimum Gasteiger partial charge on any atom is -0.493 e. The molecule has 0 unspecified atom stereocenters. The number of nitrogens with zero attached hydrogens (tertiary/aromatic N) is 2. The number of carbonyl (C=O) groups is 1. The van der Waals surface area contributed by atoms with Crippen LogP contribution in [0, 0.1) is 0 Å². The Morgan fingerprint density at radius 1 is 1.07 bits per heavy atom. The van der Waals surface area contributed by atoms with Crippen molar-refractivity contribution in [3.63, 3.8) is 0 Å². The molecule has 1 aliphatic heterocycles. The number of thiazole rings is 1. The number of methoxy groups -OCH3 is 2. The highest BCUT2D eigenvalue weighted by molar-refractivity contribution is 9.10. The topological polar surface area (TPSA) is 97.6 Å². The van der Waals surface area contributed by atoms with E-state index in [-0.39, 0.29) is 23.8 Å². The SMILES string of the molecule is CCOC(=O)C1=C(C)N=c2s/c(=C\c3cc(OC)c(OCC)cc3Br)c(=O)n2[C@H]1c1ccc(OC(C)C)c(OC)c1. The van der Waals surface area contributed by atoms with Crippen molar-refractivity contribution in [3.8, 4) is 23.0 Å². The van der Waals surface area contributed by atoms with Crippen LogP contribution < -0.4 is 33.8 Å². The highest BCUT2D eigenvalue weighted by atomic mass is 79.9.